The highest BCUT2D eigenvalue weighted by Crippen LogP contribution is 2.64. The number of benzene rings is 3. The lowest BCUT2D eigenvalue weighted by molar-refractivity contribution is -0.384. The molecule has 0 bridgehead atoms. The summed E-state index contributed by atoms with van der Waals surface area (Å²) in [5.41, 5.74) is 4.50. The van der Waals surface area contributed by atoms with E-state index in [2.05, 4.69) is 15.6 Å². The largest absolute Gasteiger partial charge is 0.425 e. The molecule has 218 valence electrons. The topological polar surface area (TPSA) is 101 Å². The van der Waals surface area contributed by atoms with Gasteiger partial charge in [-0.1, -0.05) is 23.2 Å². The predicted octanol–water partition coefficient (Wildman–Crippen LogP) is 6.94. The zero-order valence-electron chi connectivity index (χ0n) is 22.7. The first-order chi connectivity index (χ1) is 20.4. The van der Waals surface area contributed by atoms with Crippen molar-refractivity contribution in [1.82, 2.24) is 4.67 Å². The number of non-ortho nitro benzene ring substituents is 1. The Kier molecular flexibility index (Phi) is 7.15. The number of aryl methyl sites for hydroxylation is 1. The van der Waals surface area contributed by atoms with Gasteiger partial charge in [0.25, 0.3) is 5.69 Å². The zero-order chi connectivity index (χ0) is 29.0. The molecular weight excluding hydrogens is 600 g/mol. The van der Waals surface area contributed by atoms with Crippen LogP contribution in [0.25, 0.3) is 0 Å². The van der Waals surface area contributed by atoms with Crippen molar-refractivity contribution in [3.05, 3.63) is 79.8 Å². The van der Waals surface area contributed by atoms with Crippen molar-refractivity contribution in [2.24, 2.45) is 4.74 Å². The number of carbonyl (C=O) groups excluding carboxylic acids is 1. The number of morpholine rings is 1. The van der Waals surface area contributed by atoms with Crippen molar-refractivity contribution in [3.63, 3.8) is 0 Å². The number of nitro benzene ring substituents is 1. The third kappa shape index (κ3) is 4.48. The van der Waals surface area contributed by atoms with Crippen molar-refractivity contribution >= 4 is 64.7 Å². The third-order valence-electron chi connectivity index (χ3n) is 8.26. The van der Waals surface area contributed by atoms with Crippen LogP contribution in [0.2, 0.25) is 10.0 Å². The Morgan fingerprint density at radius 1 is 0.929 bits per heavy atom. The third-order valence-corrected chi connectivity index (χ3v) is 12.6. The molecular formula is C29H28Cl2N5O5P. The van der Waals surface area contributed by atoms with Crippen molar-refractivity contribution in [2.75, 3.05) is 49.0 Å². The Morgan fingerprint density at radius 3 is 2.38 bits per heavy atom. The molecule has 10 nitrogen and oxygen atoms in total. The van der Waals surface area contributed by atoms with Gasteiger partial charge in [-0.25, -0.2) is 18.9 Å². The molecule has 4 aliphatic heterocycles. The van der Waals surface area contributed by atoms with Gasteiger partial charge in [0.1, 0.15) is 5.75 Å². The first kappa shape index (κ1) is 27.7. The summed E-state index contributed by atoms with van der Waals surface area (Å²) in [5.74, 6) is 0.590. The second-order valence-corrected chi connectivity index (χ2v) is 14.3. The van der Waals surface area contributed by atoms with Gasteiger partial charge in [0.15, 0.2) is 7.36 Å². The Hall–Kier alpha value is -3.14. The first-order valence-corrected chi connectivity index (χ1v) is 16.4. The molecule has 0 aliphatic carbocycles. The van der Waals surface area contributed by atoms with E-state index in [0.717, 1.165) is 49.6 Å². The van der Waals surface area contributed by atoms with Crippen LogP contribution in [0.3, 0.4) is 0 Å². The first-order valence-electron chi connectivity index (χ1n) is 14.0. The number of carbonyl (C=O) groups is 1. The summed E-state index contributed by atoms with van der Waals surface area (Å²) in [6, 6.07) is 13.4. The average Bonchev–Trinajstić information content (AvgIpc) is 3.00. The zero-order valence-corrected chi connectivity index (χ0v) is 25.1. The Bertz CT molecular complexity index is 1660. The monoisotopic (exact) mass is 627 g/mol. The van der Waals surface area contributed by atoms with E-state index in [0.29, 0.717) is 53.5 Å². The molecule has 0 saturated carbocycles. The molecule has 0 unspecified atom stereocenters. The van der Waals surface area contributed by atoms with Crippen LogP contribution in [0, 0.1) is 10.1 Å². The molecule has 0 radical (unpaired) electrons. The van der Waals surface area contributed by atoms with Crippen LogP contribution in [0.15, 0.2) is 53.3 Å². The number of ether oxygens (including phenoxy) is 2. The van der Waals surface area contributed by atoms with Gasteiger partial charge in [-0.3, -0.25) is 10.1 Å². The summed E-state index contributed by atoms with van der Waals surface area (Å²) in [6.07, 6.45) is 3.20. The van der Waals surface area contributed by atoms with E-state index in [1.165, 1.54) is 23.4 Å². The van der Waals surface area contributed by atoms with Crippen LogP contribution in [-0.4, -0.2) is 55.1 Å². The van der Waals surface area contributed by atoms with Crippen molar-refractivity contribution < 1.29 is 19.2 Å². The van der Waals surface area contributed by atoms with Gasteiger partial charge in [-0.2, -0.15) is 0 Å². The average molecular weight is 628 g/mol. The number of anilines is 2. The van der Waals surface area contributed by atoms with E-state index in [4.69, 9.17) is 37.4 Å². The summed E-state index contributed by atoms with van der Waals surface area (Å²) in [5, 5.41) is 13.0. The number of hydrogen-bond acceptors (Lipinski definition) is 7. The molecule has 0 spiro atoms. The number of rotatable bonds is 4. The van der Waals surface area contributed by atoms with Crippen molar-refractivity contribution in [1.29, 1.82) is 0 Å². The summed E-state index contributed by atoms with van der Waals surface area (Å²) in [4.78, 5) is 27.7. The normalized spacial score (nSPS) is 21.8. The molecule has 1 saturated heterocycles. The van der Waals surface area contributed by atoms with Crippen LogP contribution >= 0.6 is 30.6 Å². The van der Waals surface area contributed by atoms with Crippen LogP contribution in [0.5, 0.6) is 5.75 Å². The van der Waals surface area contributed by atoms with Gasteiger partial charge < -0.3 is 14.4 Å². The lowest BCUT2D eigenvalue weighted by atomic mass is 9.91. The molecule has 4 aliphatic rings. The second kappa shape index (κ2) is 10.8. The summed E-state index contributed by atoms with van der Waals surface area (Å²) < 4.78 is 21.4. The van der Waals surface area contributed by atoms with Crippen molar-refractivity contribution in [2.45, 2.75) is 25.7 Å². The molecule has 42 heavy (non-hydrogen) atoms. The number of fused-ring (bicyclic) bond motifs is 2. The minimum absolute atomic E-state index is 0.0314. The van der Waals surface area contributed by atoms with Crippen molar-refractivity contribution in [3.8, 4) is 5.75 Å². The Morgan fingerprint density at radius 2 is 1.67 bits per heavy atom. The van der Waals surface area contributed by atoms with Gasteiger partial charge in [0.05, 0.1) is 44.9 Å². The smallest absolute Gasteiger partial charge is 0.408 e. The quantitative estimate of drug-likeness (QED) is 0.175. The lowest BCUT2D eigenvalue weighted by Gasteiger charge is -2.49. The molecule has 3 aromatic carbocycles. The van der Waals surface area contributed by atoms with Gasteiger partial charge in [0.2, 0.25) is 0 Å². The molecule has 1 amide bonds. The number of hydrogen-bond donors (Lipinski definition) is 0. The maximum absolute atomic E-state index is 14.3. The fraction of sp³-hybridized carbons (Fsp3) is 0.345. The molecule has 13 heteroatoms. The van der Waals surface area contributed by atoms with Gasteiger partial charge in [0, 0.05) is 49.6 Å². The highest BCUT2D eigenvalue weighted by atomic mass is 35.5. The summed E-state index contributed by atoms with van der Waals surface area (Å²) in [6.45, 7) is 3.99. The molecule has 3 aromatic rings. The number of nitro groups is 1. The van der Waals surface area contributed by atoms with E-state index in [-0.39, 0.29) is 5.69 Å². The van der Waals surface area contributed by atoms with Crippen LogP contribution in [0.4, 0.5) is 27.5 Å². The predicted molar refractivity (Wildman–Crippen MR) is 164 cm³/mol. The fourth-order valence-electron chi connectivity index (χ4n) is 6.46. The van der Waals surface area contributed by atoms with E-state index in [1.54, 1.807) is 35.0 Å². The fourth-order valence-corrected chi connectivity index (χ4v) is 10.5. The summed E-state index contributed by atoms with van der Waals surface area (Å²) >= 11 is 12.8. The maximum Gasteiger partial charge on any atom is 0.425 e. The summed E-state index contributed by atoms with van der Waals surface area (Å²) in [7, 11) is -3.17. The van der Waals surface area contributed by atoms with Gasteiger partial charge >= 0.3 is 6.09 Å². The molecule has 0 aromatic heterocycles. The highest BCUT2D eigenvalue weighted by molar-refractivity contribution is 7.74. The van der Waals surface area contributed by atoms with Gasteiger partial charge in [-0.15, -0.1) is 0 Å². The lowest BCUT2D eigenvalue weighted by Crippen LogP contribution is -2.50. The SMILES string of the molecule is O=C1Oc2c(cc3c4c2CCCN4CCC3)[P@@](=Nc2ccc([N+](=O)[O-])cc2)(N2CCOCC2)N1c1ccc(Cl)c(Cl)c1. The van der Waals surface area contributed by atoms with Crippen LogP contribution in [0.1, 0.15) is 24.0 Å². The molecule has 7 rings (SSSR count). The molecule has 4 heterocycles. The van der Waals surface area contributed by atoms with E-state index >= 15 is 0 Å². The van der Waals surface area contributed by atoms with E-state index in [1.807, 2.05) is 0 Å². The standard InChI is InChI=1S/C29H28Cl2N5O5P/c30-24-10-9-22(18-25(24)31)35-29(37)41-28-23-4-2-12-33-11-1-3-19(27(23)33)17-26(28)42(35,34-13-15-40-16-14-34)32-20-5-7-21(8-6-20)36(38)39/h5-10,17-18H,1-4,11-16H2/t42-/m1/s1. The highest BCUT2D eigenvalue weighted by Gasteiger charge is 2.49. The molecule has 0 N–H and O–H groups in total. The Balaban J connectivity index is 1.57. The minimum atomic E-state index is -3.17. The Labute approximate surface area is 253 Å². The molecule has 1 atom stereocenters. The van der Waals surface area contributed by atoms with E-state index in [9.17, 15) is 14.9 Å². The number of nitrogens with zero attached hydrogens (tertiary/aromatic N) is 5. The molecule has 1 fully saturated rings. The minimum Gasteiger partial charge on any atom is -0.408 e. The number of amides is 1. The maximum atomic E-state index is 14.3. The van der Waals surface area contributed by atoms with Crippen LogP contribution in [-0.2, 0) is 17.6 Å². The van der Waals surface area contributed by atoms with Crippen LogP contribution < -0.4 is 19.6 Å². The van der Waals surface area contributed by atoms with Gasteiger partial charge in [-0.05, 0) is 67.6 Å². The second-order valence-electron chi connectivity index (χ2n) is 10.7. The number of halogens is 2. The van der Waals surface area contributed by atoms with E-state index < -0.39 is 18.4 Å².